The lowest BCUT2D eigenvalue weighted by atomic mass is 10.0. The first-order chi connectivity index (χ1) is 8.79. The van der Waals surface area contributed by atoms with E-state index >= 15 is 0 Å². The average Bonchev–Trinajstić information content (AvgIpc) is 2.79. The van der Waals surface area contributed by atoms with E-state index in [1.165, 1.54) is 16.0 Å². The molecule has 0 saturated heterocycles. The molecule has 18 heavy (non-hydrogen) atoms. The molecule has 0 saturated carbocycles. The van der Waals surface area contributed by atoms with Crippen LogP contribution < -0.4 is 15.2 Å². The maximum absolute atomic E-state index is 5.79. The standard InChI is InChI=1S/C14H15NO2S/c1-9-14(11(7-15)8-18-9)10-2-3-12-13(6-10)17-5-4-16-12/h2-3,6,8H,4-5,7,15H2,1H3. The van der Waals surface area contributed by atoms with E-state index in [-0.39, 0.29) is 0 Å². The molecule has 2 N–H and O–H groups in total. The number of rotatable bonds is 2. The summed E-state index contributed by atoms with van der Waals surface area (Å²) in [7, 11) is 0. The van der Waals surface area contributed by atoms with Crippen LogP contribution in [0.25, 0.3) is 11.1 Å². The van der Waals surface area contributed by atoms with Crippen molar-refractivity contribution < 1.29 is 9.47 Å². The molecule has 0 spiro atoms. The Bertz CT molecular complexity index is 577. The number of benzene rings is 1. The van der Waals surface area contributed by atoms with Crippen molar-refractivity contribution >= 4 is 11.3 Å². The summed E-state index contributed by atoms with van der Waals surface area (Å²) in [6.45, 7) is 3.92. The molecule has 1 aromatic carbocycles. The van der Waals surface area contributed by atoms with Gasteiger partial charge in [-0.05, 0) is 41.1 Å². The zero-order chi connectivity index (χ0) is 12.5. The maximum Gasteiger partial charge on any atom is 0.161 e. The fraction of sp³-hybridized carbons (Fsp3) is 0.286. The van der Waals surface area contributed by atoms with E-state index in [0.717, 1.165) is 17.1 Å². The van der Waals surface area contributed by atoms with Crippen molar-refractivity contribution in [2.45, 2.75) is 13.5 Å². The van der Waals surface area contributed by atoms with Crippen LogP contribution in [0.15, 0.2) is 23.6 Å². The Morgan fingerprint density at radius 1 is 1.22 bits per heavy atom. The third-order valence-electron chi connectivity index (χ3n) is 3.10. The van der Waals surface area contributed by atoms with Crippen LogP contribution in [0.4, 0.5) is 0 Å². The first kappa shape index (κ1) is 11.6. The molecule has 0 amide bonds. The lowest BCUT2D eigenvalue weighted by Crippen LogP contribution is -2.15. The predicted molar refractivity (Wildman–Crippen MR) is 73.4 cm³/mol. The highest BCUT2D eigenvalue weighted by atomic mass is 32.1. The average molecular weight is 261 g/mol. The van der Waals surface area contributed by atoms with Crippen molar-refractivity contribution in [1.82, 2.24) is 0 Å². The molecule has 3 nitrogen and oxygen atoms in total. The summed E-state index contributed by atoms with van der Waals surface area (Å²) in [5.74, 6) is 1.65. The van der Waals surface area contributed by atoms with Crippen molar-refractivity contribution in [1.29, 1.82) is 0 Å². The van der Waals surface area contributed by atoms with Crippen LogP contribution in [0.1, 0.15) is 10.4 Å². The molecular formula is C14H15NO2S. The van der Waals surface area contributed by atoms with E-state index in [1.54, 1.807) is 11.3 Å². The highest BCUT2D eigenvalue weighted by Gasteiger charge is 2.15. The molecule has 3 rings (SSSR count). The van der Waals surface area contributed by atoms with Crippen molar-refractivity contribution in [3.63, 3.8) is 0 Å². The van der Waals surface area contributed by atoms with Gasteiger partial charge in [-0.25, -0.2) is 0 Å². The molecule has 1 aromatic heterocycles. The third kappa shape index (κ3) is 1.87. The number of nitrogens with two attached hydrogens (primary N) is 1. The first-order valence-corrected chi connectivity index (χ1v) is 6.84. The van der Waals surface area contributed by atoms with Crippen LogP contribution in [-0.4, -0.2) is 13.2 Å². The van der Waals surface area contributed by atoms with Gasteiger partial charge in [0.25, 0.3) is 0 Å². The van der Waals surface area contributed by atoms with Gasteiger partial charge in [0.1, 0.15) is 13.2 Å². The predicted octanol–water partition coefficient (Wildman–Crippen LogP) is 2.95. The van der Waals surface area contributed by atoms with Gasteiger partial charge in [-0.2, -0.15) is 0 Å². The maximum atomic E-state index is 5.79. The molecule has 0 bridgehead atoms. The van der Waals surface area contributed by atoms with E-state index < -0.39 is 0 Å². The van der Waals surface area contributed by atoms with Gasteiger partial charge >= 0.3 is 0 Å². The van der Waals surface area contributed by atoms with E-state index in [4.69, 9.17) is 15.2 Å². The van der Waals surface area contributed by atoms with Gasteiger partial charge < -0.3 is 15.2 Å². The van der Waals surface area contributed by atoms with Crippen molar-refractivity contribution in [3.05, 3.63) is 34.0 Å². The number of thiophene rings is 1. The minimum atomic E-state index is 0.564. The van der Waals surface area contributed by atoms with Crippen LogP contribution in [0, 0.1) is 6.92 Å². The Kier molecular flexibility index (Phi) is 2.97. The summed E-state index contributed by atoms with van der Waals surface area (Å²) >= 11 is 1.74. The lowest BCUT2D eigenvalue weighted by Gasteiger charge is -2.19. The van der Waals surface area contributed by atoms with Gasteiger partial charge in [0.15, 0.2) is 11.5 Å². The normalized spacial score (nSPS) is 13.7. The van der Waals surface area contributed by atoms with Crippen LogP contribution in [0.2, 0.25) is 0 Å². The Morgan fingerprint density at radius 3 is 2.78 bits per heavy atom. The molecule has 0 aliphatic carbocycles. The summed E-state index contributed by atoms with van der Waals surface area (Å²) in [5, 5.41) is 2.13. The smallest absolute Gasteiger partial charge is 0.161 e. The largest absolute Gasteiger partial charge is 0.486 e. The fourth-order valence-electron chi connectivity index (χ4n) is 2.24. The first-order valence-electron chi connectivity index (χ1n) is 5.96. The highest BCUT2D eigenvalue weighted by Crippen LogP contribution is 2.38. The van der Waals surface area contributed by atoms with Gasteiger partial charge in [0, 0.05) is 11.4 Å². The Balaban J connectivity index is 2.09. The van der Waals surface area contributed by atoms with Gasteiger partial charge in [-0.1, -0.05) is 6.07 Å². The number of ether oxygens (including phenoxy) is 2. The molecule has 1 aliphatic heterocycles. The van der Waals surface area contributed by atoms with Crippen LogP contribution in [-0.2, 0) is 6.54 Å². The minimum Gasteiger partial charge on any atom is -0.486 e. The number of hydrogen-bond donors (Lipinski definition) is 1. The Labute approximate surface area is 110 Å². The SMILES string of the molecule is Cc1scc(CN)c1-c1ccc2c(c1)OCCO2. The molecule has 2 aromatic rings. The zero-order valence-corrected chi connectivity index (χ0v) is 11.0. The molecule has 1 aliphatic rings. The Morgan fingerprint density at radius 2 is 2.00 bits per heavy atom. The number of hydrogen-bond acceptors (Lipinski definition) is 4. The second kappa shape index (κ2) is 4.63. The highest BCUT2D eigenvalue weighted by molar-refractivity contribution is 7.10. The Hall–Kier alpha value is -1.52. The molecule has 0 fully saturated rings. The zero-order valence-electron chi connectivity index (χ0n) is 10.2. The fourth-order valence-corrected chi connectivity index (χ4v) is 3.14. The minimum absolute atomic E-state index is 0.564. The molecule has 94 valence electrons. The van der Waals surface area contributed by atoms with Crippen molar-refractivity contribution in [2.24, 2.45) is 5.73 Å². The summed E-state index contributed by atoms with van der Waals surface area (Å²) in [6, 6.07) is 6.09. The van der Waals surface area contributed by atoms with Gasteiger partial charge in [0.05, 0.1) is 0 Å². The summed E-state index contributed by atoms with van der Waals surface area (Å²) in [5.41, 5.74) is 9.37. The molecule has 0 unspecified atom stereocenters. The second-order valence-corrected chi connectivity index (χ2v) is 5.34. The lowest BCUT2D eigenvalue weighted by molar-refractivity contribution is 0.171. The number of fused-ring (bicyclic) bond motifs is 1. The quantitative estimate of drug-likeness (QED) is 0.904. The van der Waals surface area contributed by atoms with Crippen LogP contribution in [0.5, 0.6) is 11.5 Å². The monoisotopic (exact) mass is 261 g/mol. The second-order valence-electron chi connectivity index (χ2n) is 4.25. The van der Waals surface area contributed by atoms with Crippen LogP contribution >= 0.6 is 11.3 Å². The topological polar surface area (TPSA) is 44.5 Å². The molecule has 4 heteroatoms. The summed E-state index contributed by atoms with van der Waals surface area (Å²) in [6.07, 6.45) is 0. The van der Waals surface area contributed by atoms with E-state index in [0.29, 0.717) is 19.8 Å². The molecule has 0 radical (unpaired) electrons. The van der Waals surface area contributed by atoms with Crippen LogP contribution in [0.3, 0.4) is 0 Å². The van der Waals surface area contributed by atoms with Gasteiger partial charge in [0.2, 0.25) is 0 Å². The van der Waals surface area contributed by atoms with E-state index in [1.807, 2.05) is 12.1 Å². The van der Waals surface area contributed by atoms with E-state index in [2.05, 4.69) is 18.4 Å². The van der Waals surface area contributed by atoms with Crippen molar-refractivity contribution in [2.75, 3.05) is 13.2 Å². The molecule has 2 heterocycles. The summed E-state index contributed by atoms with van der Waals surface area (Å²) in [4.78, 5) is 1.28. The number of aryl methyl sites for hydroxylation is 1. The van der Waals surface area contributed by atoms with Gasteiger partial charge in [-0.3, -0.25) is 0 Å². The van der Waals surface area contributed by atoms with E-state index in [9.17, 15) is 0 Å². The van der Waals surface area contributed by atoms with Crippen molar-refractivity contribution in [3.8, 4) is 22.6 Å². The molecule has 0 atom stereocenters. The third-order valence-corrected chi connectivity index (χ3v) is 4.06. The summed E-state index contributed by atoms with van der Waals surface area (Å²) < 4.78 is 11.2. The van der Waals surface area contributed by atoms with Gasteiger partial charge in [-0.15, -0.1) is 11.3 Å². The molecular weight excluding hydrogens is 246 g/mol.